The molecule has 0 bridgehead atoms. The van der Waals surface area contributed by atoms with Crippen LogP contribution in [0, 0.1) is 0 Å². The van der Waals surface area contributed by atoms with Crippen molar-refractivity contribution in [3.8, 4) is 16.9 Å². The molecule has 0 spiro atoms. The Kier molecular flexibility index (Phi) is 9.92. The van der Waals surface area contributed by atoms with E-state index < -0.39 is 5.97 Å². The second-order valence-electron chi connectivity index (χ2n) is 7.14. The highest BCUT2D eigenvalue weighted by Crippen LogP contribution is 2.23. The van der Waals surface area contributed by atoms with Crippen molar-refractivity contribution < 1.29 is 14.6 Å². The molecule has 3 heteroatoms. The van der Waals surface area contributed by atoms with Gasteiger partial charge in [-0.1, -0.05) is 88.3 Å². The van der Waals surface area contributed by atoms with Crippen LogP contribution in [0.15, 0.2) is 54.6 Å². The Morgan fingerprint density at radius 3 is 1.93 bits per heavy atom. The van der Waals surface area contributed by atoms with E-state index in [1.165, 1.54) is 44.9 Å². The Morgan fingerprint density at radius 2 is 1.36 bits per heavy atom. The minimum atomic E-state index is -0.938. The lowest BCUT2D eigenvalue weighted by Crippen LogP contribution is -1.97. The lowest BCUT2D eigenvalue weighted by Gasteiger charge is -2.08. The van der Waals surface area contributed by atoms with Gasteiger partial charge < -0.3 is 9.84 Å². The minimum Gasteiger partial charge on any atom is -0.494 e. The summed E-state index contributed by atoms with van der Waals surface area (Å²) < 4.78 is 5.85. The number of unbranched alkanes of at least 4 members (excludes halogenated alkanes) is 7. The van der Waals surface area contributed by atoms with E-state index in [4.69, 9.17) is 9.84 Å². The van der Waals surface area contributed by atoms with Crippen LogP contribution in [0.25, 0.3) is 17.2 Å². The quantitative estimate of drug-likeness (QED) is 0.301. The predicted octanol–water partition coefficient (Wildman–Crippen LogP) is 6.97. The monoisotopic (exact) mass is 380 g/mol. The summed E-state index contributed by atoms with van der Waals surface area (Å²) in [5.74, 6) is -0.0284. The van der Waals surface area contributed by atoms with Gasteiger partial charge in [-0.05, 0) is 41.3 Å². The summed E-state index contributed by atoms with van der Waals surface area (Å²) in [6.07, 6.45) is 13.2. The molecule has 0 unspecified atom stereocenters. The third kappa shape index (κ3) is 8.43. The molecule has 0 saturated carbocycles. The number of rotatable bonds is 13. The summed E-state index contributed by atoms with van der Waals surface area (Å²) in [5, 5.41) is 8.68. The van der Waals surface area contributed by atoms with Crippen LogP contribution in [0.1, 0.15) is 63.9 Å². The van der Waals surface area contributed by atoms with Gasteiger partial charge in [0, 0.05) is 6.08 Å². The molecule has 0 saturated heterocycles. The summed E-state index contributed by atoms with van der Waals surface area (Å²) in [5.41, 5.74) is 3.09. The lowest BCUT2D eigenvalue weighted by molar-refractivity contribution is -0.131. The summed E-state index contributed by atoms with van der Waals surface area (Å²) >= 11 is 0. The molecular formula is C25H32O3. The number of carbonyl (C=O) groups is 1. The van der Waals surface area contributed by atoms with E-state index in [2.05, 4.69) is 19.1 Å². The number of hydrogen-bond acceptors (Lipinski definition) is 2. The van der Waals surface area contributed by atoms with Gasteiger partial charge in [0.25, 0.3) is 0 Å². The van der Waals surface area contributed by atoms with Gasteiger partial charge in [-0.3, -0.25) is 0 Å². The van der Waals surface area contributed by atoms with Crippen molar-refractivity contribution in [3.05, 3.63) is 60.2 Å². The average Bonchev–Trinajstić information content (AvgIpc) is 2.72. The molecule has 2 aromatic rings. The van der Waals surface area contributed by atoms with Gasteiger partial charge in [-0.25, -0.2) is 4.79 Å². The number of carboxylic acids is 1. The highest BCUT2D eigenvalue weighted by Gasteiger charge is 2.00. The Labute approximate surface area is 169 Å². The molecule has 0 atom stereocenters. The van der Waals surface area contributed by atoms with Gasteiger partial charge in [0.05, 0.1) is 6.61 Å². The summed E-state index contributed by atoms with van der Waals surface area (Å²) in [6.45, 7) is 3.03. The molecule has 0 heterocycles. The zero-order chi connectivity index (χ0) is 20.0. The Hall–Kier alpha value is -2.55. The second kappa shape index (κ2) is 12.8. The van der Waals surface area contributed by atoms with Crippen LogP contribution in [0.2, 0.25) is 0 Å². The van der Waals surface area contributed by atoms with E-state index in [0.29, 0.717) is 0 Å². The smallest absolute Gasteiger partial charge is 0.328 e. The van der Waals surface area contributed by atoms with Crippen molar-refractivity contribution in [1.82, 2.24) is 0 Å². The molecule has 0 aliphatic carbocycles. The Morgan fingerprint density at radius 1 is 0.821 bits per heavy atom. The normalized spacial score (nSPS) is 11.0. The van der Waals surface area contributed by atoms with E-state index in [0.717, 1.165) is 41.5 Å². The van der Waals surface area contributed by atoms with Crippen molar-refractivity contribution in [2.45, 2.75) is 58.3 Å². The maximum atomic E-state index is 10.6. The summed E-state index contributed by atoms with van der Waals surface area (Å²) in [4.78, 5) is 10.6. The first-order chi connectivity index (χ1) is 13.7. The highest BCUT2D eigenvalue weighted by molar-refractivity contribution is 5.85. The van der Waals surface area contributed by atoms with Gasteiger partial charge in [0.2, 0.25) is 0 Å². The van der Waals surface area contributed by atoms with Crippen LogP contribution in [-0.4, -0.2) is 17.7 Å². The predicted molar refractivity (Wildman–Crippen MR) is 117 cm³/mol. The van der Waals surface area contributed by atoms with Crippen molar-refractivity contribution in [3.63, 3.8) is 0 Å². The fraction of sp³-hybridized carbons (Fsp3) is 0.400. The molecule has 0 aliphatic rings. The highest BCUT2D eigenvalue weighted by atomic mass is 16.5. The van der Waals surface area contributed by atoms with Crippen LogP contribution in [0.5, 0.6) is 5.75 Å². The van der Waals surface area contributed by atoms with Crippen LogP contribution in [-0.2, 0) is 4.79 Å². The van der Waals surface area contributed by atoms with Crippen molar-refractivity contribution in [1.29, 1.82) is 0 Å². The van der Waals surface area contributed by atoms with Crippen LogP contribution >= 0.6 is 0 Å². The van der Waals surface area contributed by atoms with E-state index in [9.17, 15) is 4.79 Å². The first-order valence-electron chi connectivity index (χ1n) is 10.4. The molecule has 0 fully saturated rings. The largest absolute Gasteiger partial charge is 0.494 e. The summed E-state index contributed by atoms with van der Waals surface area (Å²) in [7, 11) is 0. The minimum absolute atomic E-state index is 0.777. The number of aliphatic carboxylic acids is 1. The standard InChI is InChI=1S/C25H32O3/c1-2-3-4-5-6-7-8-9-20-28-24-17-15-23(16-18-24)22-13-10-21(11-14-22)12-19-25(26)27/h10-19H,2-9,20H2,1H3,(H,26,27)/b19-12+. The lowest BCUT2D eigenvalue weighted by atomic mass is 10.0. The van der Waals surface area contributed by atoms with Gasteiger partial charge in [0.1, 0.15) is 5.75 Å². The number of hydrogen-bond donors (Lipinski definition) is 1. The molecule has 0 aliphatic heterocycles. The van der Waals surface area contributed by atoms with E-state index in [1.54, 1.807) is 6.08 Å². The average molecular weight is 381 g/mol. The molecule has 3 nitrogen and oxygen atoms in total. The molecule has 0 amide bonds. The Balaban J connectivity index is 1.70. The molecule has 0 aromatic heterocycles. The molecule has 0 radical (unpaired) electrons. The Bertz CT molecular complexity index is 714. The van der Waals surface area contributed by atoms with Gasteiger partial charge >= 0.3 is 5.97 Å². The van der Waals surface area contributed by atoms with Gasteiger partial charge in [-0.2, -0.15) is 0 Å². The first-order valence-corrected chi connectivity index (χ1v) is 10.4. The molecule has 28 heavy (non-hydrogen) atoms. The molecule has 1 N–H and O–H groups in total. The fourth-order valence-corrected chi connectivity index (χ4v) is 3.12. The second-order valence-corrected chi connectivity index (χ2v) is 7.14. The maximum absolute atomic E-state index is 10.6. The van der Waals surface area contributed by atoms with Crippen LogP contribution in [0.3, 0.4) is 0 Å². The van der Waals surface area contributed by atoms with Crippen LogP contribution < -0.4 is 4.74 Å². The maximum Gasteiger partial charge on any atom is 0.328 e. The first kappa shape index (κ1) is 21.7. The van der Waals surface area contributed by atoms with Gasteiger partial charge in [-0.15, -0.1) is 0 Å². The molecule has 150 valence electrons. The third-order valence-electron chi connectivity index (χ3n) is 4.78. The van der Waals surface area contributed by atoms with Crippen molar-refractivity contribution >= 4 is 12.0 Å². The molecule has 2 rings (SSSR count). The van der Waals surface area contributed by atoms with Gasteiger partial charge in [0.15, 0.2) is 0 Å². The third-order valence-corrected chi connectivity index (χ3v) is 4.78. The summed E-state index contributed by atoms with van der Waals surface area (Å²) in [6, 6.07) is 16.0. The number of carboxylic acid groups (broad SMARTS) is 1. The molecular weight excluding hydrogens is 348 g/mol. The van der Waals surface area contributed by atoms with E-state index >= 15 is 0 Å². The fourth-order valence-electron chi connectivity index (χ4n) is 3.12. The van der Waals surface area contributed by atoms with Crippen molar-refractivity contribution in [2.75, 3.05) is 6.61 Å². The topological polar surface area (TPSA) is 46.5 Å². The zero-order valence-electron chi connectivity index (χ0n) is 16.9. The van der Waals surface area contributed by atoms with Crippen molar-refractivity contribution in [2.24, 2.45) is 0 Å². The zero-order valence-corrected chi connectivity index (χ0v) is 16.9. The molecule has 2 aromatic carbocycles. The SMILES string of the molecule is CCCCCCCCCCOc1ccc(-c2ccc(/C=C/C(=O)O)cc2)cc1. The van der Waals surface area contributed by atoms with E-state index in [1.807, 2.05) is 36.4 Å². The van der Waals surface area contributed by atoms with Crippen LogP contribution in [0.4, 0.5) is 0 Å². The number of ether oxygens (including phenoxy) is 1. The van der Waals surface area contributed by atoms with E-state index in [-0.39, 0.29) is 0 Å². The number of benzene rings is 2.